The first kappa shape index (κ1) is 12.4. The van der Waals surface area contributed by atoms with Crippen molar-refractivity contribution >= 4 is 27.6 Å². The zero-order valence-corrected chi connectivity index (χ0v) is 11.0. The smallest absolute Gasteiger partial charge is 0.309 e. The van der Waals surface area contributed by atoms with Gasteiger partial charge in [0.2, 0.25) is 0 Å². The number of benzene rings is 1. The maximum Gasteiger partial charge on any atom is 0.309 e. The van der Waals surface area contributed by atoms with Crippen LogP contribution in [0.2, 0.25) is 0 Å². The fourth-order valence-corrected chi connectivity index (χ4v) is 2.23. The van der Waals surface area contributed by atoms with Crippen molar-refractivity contribution in [3.63, 3.8) is 0 Å². The van der Waals surface area contributed by atoms with Gasteiger partial charge >= 0.3 is 5.97 Å². The molecule has 1 atom stereocenters. The maximum absolute atomic E-state index is 11.1. The highest BCUT2D eigenvalue weighted by Gasteiger charge is 2.23. The van der Waals surface area contributed by atoms with Crippen LogP contribution < -0.4 is 10.2 Å². The lowest BCUT2D eigenvalue weighted by atomic mass is 10.1. The number of nitrogens with zero attached hydrogens (tertiary/aromatic N) is 1. The molecule has 2 rings (SSSR count). The quantitative estimate of drug-likeness (QED) is 0.870. The van der Waals surface area contributed by atoms with Gasteiger partial charge in [-0.15, -0.1) is 0 Å². The van der Waals surface area contributed by atoms with Gasteiger partial charge in [0.15, 0.2) is 0 Å². The maximum atomic E-state index is 11.1. The standard InChI is InChI=1S/C12H15BrN2O2/c13-10-1-3-11(4-2-10)15-6-5-14-7-9(8-15)12(16)17/h1-4,9,14H,5-8H2,(H,16,17). The summed E-state index contributed by atoms with van der Waals surface area (Å²) in [6.07, 6.45) is 0. The average Bonchev–Trinajstić information content (AvgIpc) is 2.55. The molecule has 0 aromatic heterocycles. The van der Waals surface area contributed by atoms with E-state index >= 15 is 0 Å². The van der Waals surface area contributed by atoms with Crippen molar-refractivity contribution in [1.82, 2.24) is 5.32 Å². The molecule has 92 valence electrons. The minimum Gasteiger partial charge on any atom is -0.481 e. The summed E-state index contributed by atoms with van der Waals surface area (Å²) in [6.45, 7) is 2.76. The molecule has 1 aromatic carbocycles. The Morgan fingerprint density at radius 3 is 2.76 bits per heavy atom. The molecule has 0 amide bonds. The third kappa shape index (κ3) is 3.20. The molecule has 0 spiro atoms. The summed E-state index contributed by atoms with van der Waals surface area (Å²) in [4.78, 5) is 13.2. The molecule has 17 heavy (non-hydrogen) atoms. The molecule has 0 radical (unpaired) electrons. The van der Waals surface area contributed by atoms with Crippen LogP contribution in [0.4, 0.5) is 5.69 Å². The van der Waals surface area contributed by atoms with Crippen LogP contribution >= 0.6 is 15.9 Å². The minimum atomic E-state index is -0.735. The summed E-state index contributed by atoms with van der Waals surface area (Å²) in [5.41, 5.74) is 1.07. The lowest BCUT2D eigenvalue weighted by molar-refractivity contribution is -0.141. The van der Waals surface area contributed by atoms with Gasteiger partial charge in [-0.2, -0.15) is 0 Å². The second-order valence-corrected chi connectivity index (χ2v) is 5.08. The van der Waals surface area contributed by atoms with Crippen molar-refractivity contribution in [2.24, 2.45) is 5.92 Å². The molecule has 2 N–H and O–H groups in total. The van der Waals surface area contributed by atoms with Gasteiger partial charge in [0.1, 0.15) is 0 Å². The second kappa shape index (κ2) is 5.51. The van der Waals surface area contributed by atoms with E-state index in [1.807, 2.05) is 24.3 Å². The molecule has 5 heteroatoms. The lowest BCUT2D eigenvalue weighted by Crippen LogP contribution is -2.33. The largest absolute Gasteiger partial charge is 0.481 e. The highest BCUT2D eigenvalue weighted by Crippen LogP contribution is 2.20. The van der Waals surface area contributed by atoms with E-state index in [-0.39, 0.29) is 5.92 Å². The van der Waals surface area contributed by atoms with Gasteiger partial charge in [-0.3, -0.25) is 4.79 Å². The van der Waals surface area contributed by atoms with E-state index in [1.54, 1.807) is 0 Å². The molecule has 1 unspecified atom stereocenters. The van der Waals surface area contributed by atoms with Crippen LogP contribution in [0.1, 0.15) is 0 Å². The monoisotopic (exact) mass is 298 g/mol. The van der Waals surface area contributed by atoms with Crippen LogP contribution in [-0.4, -0.2) is 37.3 Å². The summed E-state index contributed by atoms with van der Waals surface area (Å²) in [5.74, 6) is -1.08. The van der Waals surface area contributed by atoms with Crippen molar-refractivity contribution in [3.8, 4) is 0 Å². The van der Waals surface area contributed by atoms with Gasteiger partial charge in [-0.1, -0.05) is 15.9 Å². The van der Waals surface area contributed by atoms with Gasteiger partial charge < -0.3 is 15.3 Å². The van der Waals surface area contributed by atoms with E-state index in [0.29, 0.717) is 13.1 Å². The number of rotatable bonds is 2. The Hall–Kier alpha value is -1.07. The molecule has 0 bridgehead atoms. The zero-order valence-electron chi connectivity index (χ0n) is 9.40. The van der Waals surface area contributed by atoms with Crippen molar-refractivity contribution < 1.29 is 9.90 Å². The van der Waals surface area contributed by atoms with E-state index in [4.69, 9.17) is 5.11 Å². The van der Waals surface area contributed by atoms with Crippen LogP contribution in [0.5, 0.6) is 0 Å². The van der Waals surface area contributed by atoms with Gasteiger partial charge in [0.25, 0.3) is 0 Å². The number of hydrogen-bond donors (Lipinski definition) is 2. The predicted octanol–water partition coefficient (Wildman–Crippen LogP) is 1.56. The highest BCUT2D eigenvalue weighted by atomic mass is 79.9. The molecule has 0 aliphatic carbocycles. The van der Waals surface area contributed by atoms with Crippen LogP contribution in [-0.2, 0) is 4.79 Å². The Labute approximate surface area is 109 Å². The Morgan fingerprint density at radius 2 is 2.12 bits per heavy atom. The average molecular weight is 299 g/mol. The summed E-state index contributed by atoms with van der Waals surface area (Å²) in [5, 5.41) is 12.3. The van der Waals surface area contributed by atoms with E-state index in [0.717, 1.165) is 23.2 Å². The highest BCUT2D eigenvalue weighted by molar-refractivity contribution is 9.10. The molecule has 1 heterocycles. The van der Waals surface area contributed by atoms with E-state index in [2.05, 4.69) is 26.1 Å². The van der Waals surface area contributed by atoms with Crippen molar-refractivity contribution in [2.45, 2.75) is 0 Å². The predicted molar refractivity (Wildman–Crippen MR) is 70.4 cm³/mol. The first-order valence-electron chi connectivity index (χ1n) is 5.61. The van der Waals surface area contributed by atoms with Gasteiger partial charge in [-0.05, 0) is 24.3 Å². The number of anilines is 1. The molecule has 1 aliphatic heterocycles. The zero-order chi connectivity index (χ0) is 12.3. The van der Waals surface area contributed by atoms with Crippen molar-refractivity contribution in [1.29, 1.82) is 0 Å². The third-order valence-corrected chi connectivity index (χ3v) is 3.46. The fraction of sp³-hybridized carbons (Fsp3) is 0.417. The molecule has 1 saturated heterocycles. The number of carbonyl (C=O) groups is 1. The van der Waals surface area contributed by atoms with Crippen molar-refractivity contribution in [3.05, 3.63) is 28.7 Å². The molecular formula is C12H15BrN2O2. The molecule has 1 aliphatic rings. The molecule has 1 fully saturated rings. The fourth-order valence-electron chi connectivity index (χ4n) is 1.96. The van der Waals surface area contributed by atoms with E-state index in [9.17, 15) is 4.79 Å². The summed E-state index contributed by atoms with van der Waals surface area (Å²) >= 11 is 3.39. The molecular weight excluding hydrogens is 284 g/mol. The Kier molecular flexibility index (Phi) is 4.02. The first-order chi connectivity index (χ1) is 8.16. The summed E-state index contributed by atoms with van der Waals surface area (Å²) in [6, 6.07) is 7.97. The Bertz CT molecular complexity index is 394. The van der Waals surface area contributed by atoms with E-state index in [1.165, 1.54) is 0 Å². The minimum absolute atomic E-state index is 0.346. The SMILES string of the molecule is O=C(O)C1CNCCN(c2ccc(Br)cc2)C1. The van der Waals surface area contributed by atoms with Crippen LogP contribution in [0, 0.1) is 5.92 Å². The Morgan fingerprint density at radius 1 is 1.41 bits per heavy atom. The van der Waals surface area contributed by atoms with Crippen LogP contribution in [0.3, 0.4) is 0 Å². The first-order valence-corrected chi connectivity index (χ1v) is 6.40. The summed E-state index contributed by atoms with van der Waals surface area (Å²) in [7, 11) is 0. The number of nitrogens with one attached hydrogen (secondary N) is 1. The van der Waals surface area contributed by atoms with Crippen molar-refractivity contribution in [2.75, 3.05) is 31.1 Å². The second-order valence-electron chi connectivity index (χ2n) is 4.16. The Balaban J connectivity index is 2.13. The molecule has 4 nitrogen and oxygen atoms in total. The third-order valence-electron chi connectivity index (χ3n) is 2.93. The van der Waals surface area contributed by atoms with Gasteiger partial charge in [0.05, 0.1) is 5.92 Å². The number of carboxylic acid groups (broad SMARTS) is 1. The summed E-state index contributed by atoms with van der Waals surface area (Å²) < 4.78 is 1.03. The number of aliphatic carboxylic acids is 1. The van der Waals surface area contributed by atoms with Gasteiger partial charge in [0, 0.05) is 36.3 Å². The lowest BCUT2D eigenvalue weighted by Gasteiger charge is -2.24. The van der Waals surface area contributed by atoms with Crippen LogP contribution in [0.15, 0.2) is 28.7 Å². The molecule has 0 saturated carbocycles. The number of hydrogen-bond acceptors (Lipinski definition) is 3. The molecule has 1 aromatic rings. The van der Waals surface area contributed by atoms with Crippen LogP contribution in [0.25, 0.3) is 0 Å². The van der Waals surface area contributed by atoms with Gasteiger partial charge in [-0.25, -0.2) is 0 Å². The number of carboxylic acids is 1. The normalized spacial score (nSPS) is 21.0. The number of halogens is 1. The topological polar surface area (TPSA) is 52.6 Å². The van der Waals surface area contributed by atoms with E-state index < -0.39 is 5.97 Å².